The van der Waals surface area contributed by atoms with E-state index < -0.39 is 0 Å². The summed E-state index contributed by atoms with van der Waals surface area (Å²) in [5.41, 5.74) is 5.46. The van der Waals surface area contributed by atoms with E-state index in [0.29, 0.717) is 35.7 Å². The SMILES string of the molecule is C=CC(=O)NCc1ccc(C(=O)Nc2cccc([C@H](C)Cc3cncc(-c4ccc(O)c(OC)c4)n3)c2)cc1. The van der Waals surface area contributed by atoms with Crippen molar-refractivity contribution in [1.29, 1.82) is 0 Å². The third-order valence-electron chi connectivity index (χ3n) is 6.26. The number of anilines is 1. The van der Waals surface area contributed by atoms with Gasteiger partial charge in [-0.3, -0.25) is 14.6 Å². The lowest BCUT2D eigenvalue weighted by Gasteiger charge is -2.14. The lowest BCUT2D eigenvalue weighted by Crippen LogP contribution is -2.20. The molecule has 3 aromatic carbocycles. The Morgan fingerprint density at radius 1 is 1.08 bits per heavy atom. The van der Waals surface area contributed by atoms with Gasteiger partial charge in [-0.05, 0) is 72.0 Å². The Balaban J connectivity index is 1.41. The number of amides is 2. The Kier molecular flexibility index (Phi) is 8.68. The first kappa shape index (κ1) is 27.1. The molecule has 0 unspecified atom stereocenters. The highest BCUT2D eigenvalue weighted by Crippen LogP contribution is 2.31. The minimum absolute atomic E-state index is 0.0669. The Morgan fingerprint density at radius 3 is 2.62 bits per heavy atom. The summed E-state index contributed by atoms with van der Waals surface area (Å²) in [6.45, 7) is 5.89. The predicted molar refractivity (Wildman–Crippen MR) is 151 cm³/mol. The molecule has 8 heteroatoms. The Labute approximate surface area is 227 Å². The molecule has 0 saturated heterocycles. The fraction of sp³-hybridized carbons (Fsp3) is 0.161. The van der Waals surface area contributed by atoms with Gasteiger partial charge in [0.15, 0.2) is 11.5 Å². The van der Waals surface area contributed by atoms with Gasteiger partial charge in [0, 0.05) is 29.6 Å². The molecule has 0 saturated carbocycles. The van der Waals surface area contributed by atoms with Crippen LogP contribution in [0.25, 0.3) is 11.3 Å². The van der Waals surface area contributed by atoms with Crippen molar-refractivity contribution in [2.24, 2.45) is 0 Å². The van der Waals surface area contributed by atoms with Crippen LogP contribution in [0.15, 0.2) is 91.8 Å². The van der Waals surface area contributed by atoms with Crippen molar-refractivity contribution in [3.8, 4) is 22.8 Å². The van der Waals surface area contributed by atoms with Crippen molar-refractivity contribution in [3.63, 3.8) is 0 Å². The fourth-order valence-corrected chi connectivity index (χ4v) is 4.07. The zero-order valence-corrected chi connectivity index (χ0v) is 21.8. The molecular formula is C31H30N4O4. The summed E-state index contributed by atoms with van der Waals surface area (Å²) in [7, 11) is 1.50. The molecule has 1 heterocycles. The van der Waals surface area contributed by atoms with Crippen molar-refractivity contribution < 1.29 is 19.4 Å². The molecule has 0 fully saturated rings. The molecule has 1 aromatic heterocycles. The summed E-state index contributed by atoms with van der Waals surface area (Å²) in [6, 6.07) is 19.9. The number of ether oxygens (including phenoxy) is 1. The van der Waals surface area contributed by atoms with Crippen LogP contribution in [0.4, 0.5) is 5.69 Å². The van der Waals surface area contributed by atoms with Crippen LogP contribution in [0.5, 0.6) is 11.5 Å². The zero-order valence-electron chi connectivity index (χ0n) is 21.8. The molecule has 0 spiro atoms. The van der Waals surface area contributed by atoms with Crippen molar-refractivity contribution in [3.05, 3.63) is 114 Å². The summed E-state index contributed by atoms with van der Waals surface area (Å²) in [6.07, 6.45) is 5.30. The molecule has 0 bridgehead atoms. The second-order valence-electron chi connectivity index (χ2n) is 9.09. The third-order valence-corrected chi connectivity index (χ3v) is 6.26. The van der Waals surface area contributed by atoms with E-state index in [1.165, 1.54) is 13.2 Å². The summed E-state index contributed by atoms with van der Waals surface area (Å²) < 4.78 is 5.21. The molecule has 8 nitrogen and oxygen atoms in total. The van der Waals surface area contributed by atoms with Gasteiger partial charge in [0.25, 0.3) is 5.91 Å². The van der Waals surface area contributed by atoms with Gasteiger partial charge in [-0.2, -0.15) is 0 Å². The fourth-order valence-electron chi connectivity index (χ4n) is 4.07. The van der Waals surface area contributed by atoms with Crippen LogP contribution in [0.1, 0.15) is 40.0 Å². The predicted octanol–water partition coefficient (Wildman–Crippen LogP) is 5.26. The largest absolute Gasteiger partial charge is 0.504 e. The highest BCUT2D eigenvalue weighted by molar-refractivity contribution is 6.04. The van der Waals surface area contributed by atoms with Crippen LogP contribution in [0.3, 0.4) is 0 Å². The quantitative estimate of drug-likeness (QED) is 0.245. The molecule has 0 aliphatic heterocycles. The van der Waals surface area contributed by atoms with Gasteiger partial charge in [-0.15, -0.1) is 0 Å². The van der Waals surface area contributed by atoms with Crippen LogP contribution in [0.2, 0.25) is 0 Å². The lowest BCUT2D eigenvalue weighted by atomic mass is 9.95. The molecular weight excluding hydrogens is 492 g/mol. The number of aromatic nitrogens is 2. The van der Waals surface area contributed by atoms with Gasteiger partial charge < -0.3 is 20.5 Å². The number of phenolic OH excluding ortho intramolecular Hbond substituents is 1. The summed E-state index contributed by atoms with van der Waals surface area (Å²) in [5.74, 6) is 0.0935. The number of nitrogens with one attached hydrogen (secondary N) is 2. The van der Waals surface area contributed by atoms with Crippen LogP contribution in [0, 0.1) is 0 Å². The number of methoxy groups -OCH3 is 1. The minimum atomic E-state index is -0.247. The standard InChI is InChI=1S/C31H30N4O4/c1-4-30(37)33-17-21-8-10-22(11-9-21)31(38)35-25-7-5-6-23(15-25)20(2)14-26-18-32-19-27(34-26)24-12-13-28(36)29(16-24)39-3/h4-13,15-16,18-20,36H,1,14,17H2,2-3H3,(H,33,37)(H,35,38)/t20-/m1/s1. The second-order valence-corrected chi connectivity index (χ2v) is 9.09. The molecule has 198 valence electrons. The molecule has 1 atom stereocenters. The van der Waals surface area contributed by atoms with E-state index in [-0.39, 0.29) is 23.5 Å². The molecule has 0 aliphatic rings. The van der Waals surface area contributed by atoms with Crippen LogP contribution in [-0.2, 0) is 17.8 Å². The van der Waals surface area contributed by atoms with Gasteiger partial charge >= 0.3 is 0 Å². The van der Waals surface area contributed by atoms with E-state index in [2.05, 4.69) is 29.1 Å². The number of rotatable bonds is 10. The highest BCUT2D eigenvalue weighted by Gasteiger charge is 2.13. The number of phenols is 1. The molecule has 3 N–H and O–H groups in total. The van der Waals surface area contributed by atoms with Crippen molar-refractivity contribution in [2.45, 2.75) is 25.8 Å². The summed E-state index contributed by atoms with van der Waals surface area (Å²) in [4.78, 5) is 33.3. The molecule has 4 aromatic rings. The third kappa shape index (κ3) is 7.07. The number of aromatic hydroxyl groups is 1. The highest BCUT2D eigenvalue weighted by atomic mass is 16.5. The smallest absolute Gasteiger partial charge is 0.255 e. The van der Waals surface area contributed by atoms with Crippen LogP contribution >= 0.6 is 0 Å². The first-order valence-corrected chi connectivity index (χ1v) is 12.4. The van der Waals surface area contributed by atoms with Gasteiger partial charge in [-0.25, -0.2) is 4.98 Å². The topological polar surface area (TPSA) is 113 Å². The molecule has 4 rings (SSSR count). The first-order chi connectivity index (χ1) is 18.9. The van der Waals surface area contributed by atoms with Crippen LogP contribution < -0.4 is 15.4 Å². The molecule has 2 amide bonds. The van der Waals surface area contributed by atoms with Crippen molar-refractivity contribution >= 4 is 17.5 Å². The molecule has 39 heavy (non-hydrogen) atoms. The van der Waals surface area contributed by atoms with Gasteiger partial charge in [0.1, 0.15) is 0 Å². The van der Waals surface area contributed by atoms with Crippen molar-refractivity contribution in [2.75, 3.05) is 12.4 Å². The van der Waals surface area contributed by atoms with E-state index in [4.69, 9.17) is 9.72 Å². The Bertz CT molecular complexity index is 1480. The number of nitrogens with zero attached hydrogens (tertiary/aromatic N) is 2. The molecule has 0 aliphatic carbocycles. The van der Waals surface area contributed by atoms with E-state index in [1.807, 2.05) is 24.3 Å². The average molecular weight is 523 g/mol. The number of hydrogen-bond acceptors (Lipinski definition) is 6. The Morgan fingerprint density at radius 2 is 1.87 bits per heavy atom. The van der Waals surface area contributed by atoms with Crippen LogP contribution in [-0.4, -0.2) is 34.0 Å². The van der Waals surface area contributed by atoms with Gasteiger partial charge in [0.05, 0.1) is 24.7 Å². The minimum Gasteiger partial charge on any atom is -0.504 e. The number of hydrogen-bond donors (Lipinski definition) is 3. The number of carbonyl (C=O) groups is 2. The van der Waals surface area contributed by atoms with E-state index >= 15 is 0 Å². The van der Waals surface area contributed by atoms with Gasteiger partial charge in [0.2, 0.25) is 5.91 Å². The van der Waals surface area contributed by atoms with E-state index in [0.717, 1.165) is 22.4 Å². The Hall–Kier alpha value is -4.98. The van der Waals surface area contributed by atoms with Crippen molar-refractivity contribution in [1.82, 2.24) is 15.3 Å². The summed E-state index contributed by atoms with van der Waals surface area (Å²) in [5, 5.41) is 15.5. The maximum atomic E-state index is 12.8. The van der Waals surface area contributed by atoms with Gasteiger partial charge in [-0.1, -0.05) is 37.8 Å². The number of benzene rings is 3. The molecule has 0 radical (unpaired) electrons. The second kappa shape index (κ2) is 12.5. The zero-order chi connectivity index (χ0) is 27.8. The monoisotopic (exact) mass is 522 g/mol. The first-order valence-electron chi connectivity index (χ1n) is 12.4. The van der Waals surface area contributed by atoms with E-state index in [1.54, 1.807) is 54.9 Å². The summed E-state index contributed by atoms with van der Waals surface area (Å²) >= 11 is 0. The normalized spacial score (nSPS) is 11.3. The average Bonchev–Trinajstić information content (AvgIpc) is 2.96. The van der Waals surface area contributed by atoms with E-state index in [9.17, 15) is 14.7 Å². The maximum Gasteiger partial charge on any atom is 0.255 e. The number of carbonyl (C=O) groups excluding carboxylic acids is 2. The lowest BCUT2D eigenvalue weighted by molar-refractivity contribution is -0.116. The maximum absolute atomic E-state index is 12.8.